The molecule has 0 aromatic heterocycles. The number of nitrogens with zero attached hydrogens (tertiary/aromatic N) is 2. The van der Waals surface area contributed by atoms with Gasteiger partial charge in [-0.05, 0) is 37.3 Å². The Bertz CT molecular complexity index is 465. The number of anilines is 1. The van der Waals surface area contributed by atoms with Crippen LogP contribution in [0, 0.1) is 21.8 Å². The molecule has 0 amide bonds. The Labute approximate surface area is 110 Å². The van der Waals surface area contributed by atoms with Crippen molar-refractivity contribution in [1.82, 2.24) is 0 Å². The summed E-state index contributed by atoms with van der Waals surface area (Å²) in [5.41, 5.74) is 0.277. The number of nitro benzene ring substituents is 1. The number of benzene rings is 1. The molecule has 0 unspecified atom stereocenters. The van der Waals surface area contributed by atoms with E-state index in [0.29, 0.717) is 24.6 Å². The van der Waals surface area contributed by atoms with Crippen LogP contribution in [0.4, 0.5) is 15.8 Å². The maximum Gasteiger partial charge on any atom is 0.295 e. The predicted molar refractivity (Wildman–Crippen MR) is 69.7 cm³/mol. The average molecular weight is 268 g/mol. The molecule has 1 atom stereocenters. The molecular weight excluding hydrogens is 251 g/mol. The minimum Gasteiger partial charge on any atom is -0.396 e. The lowest BCUT2D eigenvalue weighted by molar-refractivity contribution is -0.384. The molecule has 0 aliphatic carbocycles. The summed E-state index contributed by atoms with van der Waals surface area (Å²) in [5.74, 6) is -0.261. The van der Waals surface area contributed by atoms with Gasteiger partial charge in [-0.2, -0.15) is 0 Å². The molecule has 1 aliphatic rings. The van der Waals surface area contributed by atoms with Gasteiger partial charge in [-0.15, -0.1) is 0 Å². The van der Waals surface area contributed by atoms with E-state index in [1.165, 1.54) is 12.1 Å². The zero-order valence-electron chi connectivity index (χ0n) is 10.6. The smallest absolute Gasteiger partial charge is 0.295 e. The van der Waals surface area contributed by atoms with E-state index in [0.717, 1.165) is 25.5 Å². The first-order chi connectivity index (χ1) is 9.11. The summed E-state index contributed by atoms with van der Waals surface area (Å²) in [6, 6.07) is 3.68. The third-order valence-corrected chi connectivity index (χ3v) is 3.53. The van der Waals surface area contributed by atoms with Gasteiger partial charge in [0.05, 0.1) is 11.0 Å². The molecule has 1 saturated heterocycles. The summed E-state index contributed by atoms with van der Waals surface area (Å²) < 4.78 is 13.1. The fourth-order valence-electron chi connectivity index (χ4n) is 2.61. The summed E-state index contributed by atoms with van der Waals surface area (Å²) in [6.07, 6.45) is 2.65. The van der Waals surface area contributed by atoms with Crippen LogP contribution >= 0.6 is 0 Å². The van der Waals surface area contributed by atoms with Crippen molar-refractivity contribution in [3.63, 3.8) is 0 Å². The first-order valence-electron chi connectivity index (χ1n) is 6.41. The number of aliphatic hydroxyl groups excluding tert-OH is 1. The molecule has 1 aromatic carbocycles. The Morgan fingerprint density at radius 2 is 2.32 bits per heavy atom. The molecule has 0 saturated carbocycles. The molecule has 1 fully saturated rings. The zero-order valence-corrected chi connectivity index (χ0v) is 10.6. The van der Waals surface area contributed by atoms with Crippen LogP contribution < -0.4 is 4.90 Å². The van der Waals surface area contributed by atoms with Crippen LogP contribution in [0.1, 0.15) is 19.3 Å². The highest BCUT2D eigenvalue weighted by molar-refractivity contribution is 5.63. The lowest BCUT2D eigenvalue weighted by Crippen LogP contribution is -2.36. The molecule has 0 spiro atoms. The zero-order chi connectivity index (χ0) is 13.8. The van der Waals surface area contributed by atoms with Gasteiger partial charge in [-0.3, -0.25) is 10.1 Å². The van der Waals surface area contributed by atoms with Gasteiger partial charge >= 0.3 is 0 Å². The monoisotopic (exact) mass is 268 g/mol. The number of rotatable bonds is 4. The van der Waals surface area contributed by atoms with Crippen molar-refractivity contribution >= 4 is 11.4 Å². The topological polar surface area (TPSA) is 66.6 Å². The van der Waals surface area contributed by atoms with Gasteiger partial charge < -0.3 is 10.0 Å². The molecular formula is C13H17FN2O3. The second kappa shape index (κ2) is 5.97. The molecule has 0 radical (unpaired) electrons. The van der Waals surface area contributed by atoms with Crippen LogP contribution in [0.3, 0.4) is 0 Å². The summed E-state index contributed by atoms with van der Waals surface area (Å²) in [4.78, 5) is 12.4. The van der Waals surface area contributed by atoms with Crippen LogP contribution in [0.25, 0.3) is 0 Å². The van der Waals surface area contributed by atoms with Gasteiger partial charge in [0.25, 0.3) is 5.69 Å². The minimum atomic E-state index is -0.598. The highest BCUT2D eigenvalue weighted by atomic mass is 19.1. The lowest BCUT2D eigenvalue weighted by atomic mass is 9.94. The molecule has 1 aromatic rings. The van der Waals surface area contributed by atoms with Crippen LogP contribution in [0.5, 0.6) is 0 Å². The highest BCUT2D eigenvalue weighted by Gasteiger charge is 2.25. The quantitative estimate of drug-likeness (QED) is 0.672. The van der Waals surface area contributed by atoms with E-state index in [4.69, 9.17) is 5.11 Å². The number of aliphatic hydroxyl groups is 1. The molecule has 2 rings (SSSR count). The summed E-state index contributed by atoms with van der Waals surface area (Å²) in [7, 11) is 0. The third kappa shape index (κ3) is 3.20. The van der Waals surface area contributed by atoms with Gasteiger partial charge in [0, 0.05) is 19.7 Å². The molecule has 104 valence electrons. The van der Waals surface area contributed by atoms with E-state index in [1.54, 1.807) is 0 Å². The Morgan fingerprint density at radius 1 is 1.53 bits per heavy atom. The largest absolute Gasteiger partial charge is 0.396 e. The fourth-order valence-corrected chi connectivity index (χ4v) is 2.61. The molecule has 1 N–H and O–H groups in total. The fraction of sp³-hybridized carbons (Fsp3) is 0.538. The Balaban J connectivity index is 2.23. The van der Waals surface area contributed by atoms with Crippen molar-refractivity contribution in [2.45, 2.75) is 19.3 Å². The van der Waals surface area contributed by atoms with Gasteiger partial charge in [-0.25, -0.2) is 4.39 Å². The van der Waals surface area contributed by atoms with Crippen molar-refractivity contribution < 1.29 is 14.4 Å². The number of hydrogen-bond donors (Lipinski definition) is 1. The van der Waals surface area contributed by atoms with E-state index in [2.05, 4.69) is 0 Å². The maximum absolute atomic E-state index is 13.1. The first kappa shape index (κ1) is 13.7. The maximum atomic E-state index is 13.1. The number of halogens is 1. The van der Waals surface area contributed by atoms with Crippen LogP contribution in [0.15, 0.2) is 18.2 Å². The standard InChI is InChI=1S/C13H17FN2O3/c14-11-3-4-12(13(8-11)16(18)19)15-6-1-2-10(9-15)5-7-17/h3-4,8,10,17H,1-2,5-7,9H2/t10-/m1/s1. The molecule has 5 nitrogen and oxygen atoms in total. The molecule has 1 aliphatic heterocycles. The molecule has 6 heteroatoms. The number of hydrogen-bond acceptors (Lipinski definition) is 4. The van der Waals surface area contributed by atoms with E-state index >= 15 is 0 Å². The van der Waals surface area contributed by atoms with E-state index < -0.39 is 10.7 Å². The third-order valence-electron chi connectivity index (χ3n) is 3.53. The van der Waals surface area contributed by atoms with E-state index in [9.17, 15) is 14.5 Å². The summed E-state index contributed by atoms with van der Waals surface area (Å²) >= 11 is 0. The first-order valence-corrected chi connectivity index (χ1v) is 6.41. The normalized spacial score (nSPS) is 19.5. The second-order valence-electron chi connectivity index (χ2n) is 4.86. The van der Waals surface area contributed by atoms with Gasteiger partial charge in [-0.1, -0.05) is 0 Å². The van der Waals surface area contributed by atoms with Gasteiger partial charge in [0.1, 0.15) is 11.5 Å². The van der Waals surface area contributed by atoms with E-state index in [1.807, 2.05) is 4.90 Å². The SMILES string of the molecule is O=[N+]([O-])c1cc(F)ccc1N1CCC[C@H](CCO)C1. The average Bonchev–Trinajstić information content (AvgIpc) is 2.39. The Kier molecular flexibility index (Phi) is 4.31. The Morgan fingerprint density at radius 3 is 3.00 bits per heavy atom. The molecule has 0 bridgehead atoms. The summed E-state index contributed by atoms with van der Waals surface area (Å²) in [6.45, 7) is 1.53. The van der Waals surface area contributed by atoms with E-state index in [-0.39, 0.29) is 12.3 Å². The van der Waals surface area contributed by atoms with Crippen molar-refractivity contribution in [3.05, 3.63) is 34.1 Å². The van der Waals surface area contributed by atoms with Crippen LogP contribution in [0.2, 0.25) is 0 Å². The Hall–Kier alpha value is -1.69. The number of piperidine rings is 1. The summed E-state index contributed by atoms with van der Waals surface area (Å²) in [5, 5.41) is 20.0. The van der Waals surface area contributed by atoms with Crippen molar-refractivity contribution in [2.75, 3.05) is 24.6 Å². The predicted octanol–water partition coefficient (Wildman–Crippen LogP) is 2.33. The van der Waals surface area contributed by atoms with Crippen molar-refractivity contribution in [2.24, 2.45) is 5.92 Å². The lowest BCUT2D eigenvalue weighted by Gasteiger charge is -2.33. The van der Waals surface area contributed by atoms with Crippen molar-refractivity contribution in [3.8, 4) is 0 Å². The second-order valence-corrected chi connectivity index (χ2v) is 4.86. The number of nitro groups is 1. The van der Waals surface area contributed by atoms with Crippen LogP contribution in [-0.2, 0) is 0 Å². The van der Waals surface area contributed by atoms with Gasteiger partial charge in [0.15, 0.2) is 0 Å². The van der Waals surface area contributed by atoms with Gasteiger partial charge in [0.2, 0.25) is 0 Å². The molecule has 1 heterocycles. The van der Waals surface area contributed by atoms with Crippen LogP contribution in [-0.4, -0.2) is 29.7 Å². The van der Waals surface area contributed by atoms with Crippen molar-refractivity contribution in [1.29, 1.82) is 0 Å². The highest BCUT2D eigenvalue weighted by Crippen LogP contribution is 2.32. The minimum absolute atomic E-state index is 0.129. The molecule has 19 heavy (non-hydrogen) atoms.